The van der Waals surface area contributed by atoms with Gasteiger partial charge in [0.05, 0.1) is 11.5 Å². The van der Waals surface area contributed by atoms with Crippen molar-refractivity contribution in [2.75, 3.05) is 0 Å². The molecule has 1 aliphatic carbocycles. The van der Waals surface area contributed by atoms with Crippen molar-refractivity contribution in [3.05, 3.63) is 70.0 Å². The minimum absolute atomic E-state index is 0.307. The van der Waals surface area contributed by atoms with Gasteiger partial charge in [-0.15, -0.1) is 0 Å². The Morgan fingerprint density at radius 3 is 2.71 bits per heavy atom. The summed E-state index contributed by atoms with van der Waals surface area (Å²) in [6.07, 6.45) is 2.87. The predicted octanol–water partition coefficient (Wildman–Crippen LogP) is 4.72. The van der Waals surface area contributed by atoms with Crippen molar-refractivity contribution in [1.82, 2.24) is 0 Å². The molecule has 0 aromatic heterocycles. The average Bonchev–Trinajstić information content (AvgIpc) is 2.51. The summed E-state index contributed by atoms with van der Waals surface area (Å²) in [5.41, 5.74) is 2.76. The molecule has 3 heteroatoms. The summed E-state index contributed by atoms with van der Waals surface area (Å²) < 4.78 is 13.4. The number of nitriles is 1. The van der Waals surface area contributed by atoms with E-state index in [2.05, 4.69) is 18.2 Å². The minimum Gasteiger partial charge on any atom is -0.207 e. The van der Waals surface area contributed by atoms with Gasteiger partial charge in [-0.2, -0.15) is 5.26 Å². The van der Waals surface area contributed by atoms with Gasteiger partial charge in [0.2, 0.25) is 0 Å². The number of aryl methyl sites for hydroxylation is 1. The Hall–Kier alpha value is -1.85. The standard InChI is InChI=1S/C18H15ClFN/c19-17-6-5-16(20)9-15(17)11-18(12-21)8-7-13-3-1-2-4-14(13)10-18/h1-6,9H,7-8,10-11H2. The van der Waals surface area contributed by atoms with E-state index in [-0.39, 0.29) is 5.82 Å². The van der Waals surface area contributed by atoms with Crippen LogP contribution in [-0.2, 0) is 19.3 Å². The molecule has 2 aromatic carbocycles. The molecule has 0 fully saturated rings. The molecular weight excluding hydrogens is 285 g/mol. The van der Waals surface area contributed by atoms with E-state index in [1.165, 1.54) is 23.3 Å². The maximum Gasteiger partial charge on any atom is 0.123 e. The zero-order chi connectivity index (χ0) is 14.9. The van der Waals surface area contributed by atoms with E-state index < -0.39 is 5.41 Å². The van der Waals surface area contributed by atoms with Gasteiger partial charge in [0.25, 0.3) is 0 Å². The number of rotatable bonds is 2. The first-order valence-electron chi connectivity index (χ1n) is 7.04. The number of hydrogen-bond donors (Lipinski definition) is 0. The minimum atomic E-state index is -0.494. The summed E-state index contributed by atoms with van der Waals surface area (Å²) in [6.45, 7) is 0. The molecule has 0 heterocycles. The monoisotopic (exact) mass is 299 g/mol. The SMILES string of the molecule is N#CC1(Cc2cc(F)ccc2Cl)CCc2ccccc2C1. The fourth-order valence-corrected chi connectivity index (χ4v) is 3.31. The van der Waals surface area contributed by atoms with E-state index in [4.69, 9.17) is 11.6 Å². The quantitative estimate of drug-likeness (QED) is 0.787. The summed E-state index contributed by atoms with van der Waals surface area (Å²) >= 11 is 6.16. The van der Waals surface area contributed by atoms with E-state index in [9.17, 15) is 9.65 Å². The highest BCUT2D eigenvalue weighted by Crippen LogP contribution is 2.39. The molecule has 0 N–H and O–H groups in total. The first kappa shape index (κ1) is 14.1. The highest BCUT2D eigenvalue weighted by molar-refractivity contribution is 6.31. The number of halogens is 2. The molecule has 1 nitrogen and oxygen atoms in total. The molecule has 106 valence electrons. The summed E-state index contributed by atoms with van der Waals surface area (Å²) in [5, 5.41) is 10.2. The van der Waals surface area contributed by atoms with E-state index in [0.29, 0.717) is 17.9 Å². The predicted molar refractivity (Wildman–Crippen MR) is 81.6 cm³/mol. The Morgan fingerprint density at radius 2 is 1.95 bits per heavy atom. The van der Waals surface area contributed by atoms with E-state index >= 15 is 0 Å². The summed E-state index contributed by atoms with van der Waals surface area (Å²) in [6, 6.07) is 15.1. The van der Waals surface area contributed by atoms with Crippen molar-refractivity contribution in [2.45, 2.75) is 25.7 Å². The van der Waals surface area contributed by atoms with Gasteiger partial charge in [0.1, 0.15) is 5.82 Å². The van der Waals surface area contributed by atoms with Crippen molar-refractivity contribution in [3.63, 3.8) is 0 Å². The topological polar surface area (TPSA) is 23.8 Å². The number of fused-ring (bicyclic) bond motifs is 1. The van der Waals surface area contributed by atoms with Crippen molar-refractivity contribution >= 4 is 11.6 Å². The van der Waals surface area contributed by atoms with Crippen LogP contribution in [0, 0.1) is 22.6 Å². The molecule has 0 spiro atoms. The number of hydrogen-bond acceptors (Lipinski definition) is 1. The van der Waals surface area contributed by atoms with Gasteiger partial charge in [0, 0.05) is 5.02 Å². The Labute approximate surface area is 129 Å². The first-order valence-corrected chi connectivity index (χ1v) is 7.42. The van der Waals surface area contributed by atoms with E-state index in [1.54, 1.807) is 6.07 Å². The molecule has 0 amide bonds. The number of nitrogens with zero attached hydrogens (tertiary/aromatic N) is 1. The van der Waals surface area contributed by atoms with Crippen LogP contribution in [0.4, 0.5) is 4.39 Å². The van der Waals surface area contributed by atoms with Gasteiger partial charge in [-0.05, 0) is 60.6 Å². The first-order chi connectivity index (χ1) is 10.1. The lowest BCUT2D eigenvalue weighted by atomic mass is 9.69. The van der Waals surface area contributed by atoms with Crippen molar-refractivity contribution in [1.29, 1.82) is 5.26 Å². The fourth-order valence-electron chi connectivity index (χ4n) is 3.13. The lowest BCUT2D eigenvalue weighted by Gasteiger charge is -2.32. The third-order valence-corrected chi connectivity index (χ3v) is 4.66. The molecular formula is C18H15ClFN. The summed E-state index contributed by atoms with van der Waals surface area (Å²) in [7, 11) is 0. The Morgan fingerprint density at radius 1 is 1.19 bits per heavy atom. The third kappa shape index (κ3) is 2.80. The van der Waals surface area contributed by atoms with Gasteiger partial charge >= 0.3 is 0 Å². The third-order valence-electron chi connectivity index (χ3n) is 4.29. The summed E-state index contributed by atoms with van der Waals surface area (Å²) in [5.74, 6) is -0.307. The van der Waals surface area contributed by atoms with Gasteiger partial charge in [-0.1, -0.05) is 35.9 Å². The van der Waals surface area contributed by atoms with E-state index in [0.717, 1.165) is 18.4 Å². The molecule has 2 aromatic rings. The van der Waals surface area contributed by atoms with Crippen LogP contribution < -0.4 is 0 Å². The zero-order valence-corrected chi connectivity index (χ0v) is 12.3. The van der Waals surface area contributed by atoms with Crippen LogP contribution >= 0.6 is 11.6 Å². The zero-order valence-electron chi connectivity index (χ0n) is 11.6. The molecule has 1 aliphatic rings. The highest BCUT2D eigenvalue weighted by atomic mass is 35.5. The summed E-state index contributed by atoms with van der Waals surface area (Å²) in [4.78, 5) is 0. The van der Waals surface area contributed by atoms with Crippen molar-refractivity contribution in [3.8, 4) is 6.07 Å². The highest BCUT2D eigenvalue weighted by Gasteiger charge is 2.35. The molecule has 3 rings (SSSR count). The molecule has 1 unspecified atom stereocenters. The molecule has 0 saturated carbocycles. The van der Waals surface area contributed by atoms with Crippen LogP contribution in [0.5, 0.6) is 0 Å². The number of benzene rings is 2. The van der Waals surface area contributed by atoms with Gasteiger partial charge in [-0.25, -0.2) is 4.39 Å². The second kappa shape index (κ2) is 5.50. The lowest BCUT2D eigenvalue weighted by molar-refractivity contribution is 0.339. The Bertz CT molecular complexity index is 719. The van der Waals surface area contributed by atoms with Gasteiger partial charge < -0.3 is 0 Å². The van der Waals surface area contributed by atoms with Gasteiger partial charge in [0.15, 0.2) is 0 Å². The molecule has 1 atom stereocenters. The normalized spacial score (nSPS) is 20.6. The molecule has 0 aliphatic heterocycles. The van der Waals surface area contributed by atoms with Gasteiger partial charge in [-0.3, -0.25) is 0 Å². The van der Waals surface area contributed by atoms with Crippen LogP contribution in [0.3, 0.4) is 0 Å². The molecule has 0 bridgehead atoms. The molecule has 0 radical (unpaired) electrons. The maximum atomic E-state index is 13.4. The van der Waals surface area contributed by atoms with Crippen molar-refractivity contribution < 1.29 is 4.39 Å². The Balaban J connectivity index is 1.93. The van der Waals surface area contributed by atoms with Crippen molar-refractivity contribution in [2.24, 2.45) is 5.41 Å². The average molecular weight is 300 g/mol. The van der Waals surface area contributed by atoms with Crippen LogP contribution in [0.25, 0.3) is 0 Å². The second-order valence-corrected chi connectivity index (χ2v) is 6.16. The van der Waals surface area contributed by atoms with Crippen LogP contribution in [-0.4, -0.2) is 0 Å². The van der Waals surface area contributed by atoms with E-state index in [1.807, 2.05) is 12.1 Å². The van der Waals surface area contributed by atoms with Crippen LogP contribution in [0.15, 0.2) is 42.5 Å². The van der Waals surface area contributed by atoms with Crippen LogP contribution in [0.2, 0.25) is 5.02 Å². The maximum absolute atomic E-state index is 13.4. The molecule has 21 heavy (non-hydrogen) atoms. The largest absolute Gasteiger partial charge is 0.207 e. The molecule has 0 saturated heterocycles. The second-order valence-electron chi connectivity index (χ2n) is 5.75. The van der Waals surface area contributed by atoms with Crippen LogP contribution in [0.1, 0.15) is 23.1 Å². The Kier molecular flexibility index (Phi) is 3.69. The smallest absolute Gasteiger partial charge is 0.123 e. The lowest BCUT2D eigenvalue weighted by Crippen LogP contribution is -2.30. The fraction of sp³-hybridized carbons (Fsp3) is 0.278.